The molecule has 0 saturated heterocycles. The van der Waals surface area contributed by atoms with Gasteiger partial charge in [0.1, 0.15) is 0 Å². The number of unbranched alkanes of at least 4 members (excludes halogenated alkanes) is 41. The molecule has 0 aliphatic carbocycles. The fourth-order valence-corrected chi connectivity index (χ4v) is 9.05. The van der Waals surface area contributed by atoms with Gasteiger partial charge < -0.3 is 15.5 Å². The van der Waals surface area contributed by atoms with Crippen molar-refractivity contribution >= 4 is 5.91 Å². The Bertz CT molecular complexity index is 1030. The molecule has 0 aromatic heterocycles. The van der Waals surface area contributed by atoms with Crippen molar-refractivity contribution in [2.45, 2.75) is 328 Å². The topological polar surface area (TPSA) is 69.6 Å². The molecule has 1 amide bonds. The summed E-state index contributed by atoms with van der Waals surface area (Å²) in [5.74, 6) is -0.0703. The van der Waals surface area contributed by atoms with Gasteiger partial charge in [0, 0.05) is 6.42 Å². The second-order valence-corrected chi connectivity index (χ2v) is 20.1. The number of aliphatic hydroxyl groups is 2. The van der Waals surface area contributed by atoms with Crippen LogP contribution in [-0.4, -0.2) is 34.9 Å². The second kappa shape index (κ2) is 56.7. The molecular weight excluding hydrogens is 795 g/mol. The van der Waals surface area contributed by atoms with Gasteiger partial charge in [0.25, 0.3) is 0 Å². The summed E-state index contributed by atoms with van der Waals surface area (Å²) in [7, 11) is 0. The quantitative estimate of drug-likeness (QED) is 0.0421. The zero-order valence-corrected chi connectivity index (χ0v) is 44.0. The molecule has 0 rings (SSSR count). The van der Waals surface area contributed by atoms with Crippen LogP contribution in [0, 0.1) is 0 Å². The van der Waals surface area contributed by atoms with Crippen molar-refractivity contribution in [2.24, 2.45) is 0 Å². The molecular formula is C61H115NO3. The van der Waals surface area contributed by atoms with Crippen molar-refractivity contribution < 1.29 is 15.0 Å². The van der Waals surface area contributed by atoms with Crippen molar-refractivity contribution in [3.63, 3.8) is 0 Å². The highest BCUT2D eigenvalue weighted by molar-refractivity contribution is 5.76. The third kappa shape index (κ3) is 53.2. The van der Waals surface area contributed by atoms with Crippen LogP contribution in [0.4, 0.5) is 0 Å². The third-order valence-electron chi connectivity index (χ3n) is 13.5. The molecule has 0 bridgehead atoms. The van der Waals surface area contributed by atoms with Crippen LogP contribution in [0.1, 0.15) is 316 Å². The standard InChI is InChI=1S/C61H115NO3/c1-3-5-7-9-11-13-15-17-18-19-20-21-22-23-24-25-26-27-28-29-30-31-32-33-34-35-36-37-38-39-40-41-42-43-44-45-47-49-51-53-55-57-61(65)62-59(58-63)60(64)56-54-52-50-48-46-16-14-12-10-8-6-4-2/h15,17,19-20,46,48,54,56,59-60,63-64H,3-14,16,18,21-45,47,49-53,55,57-58H2,1-2H3,(H,62,65)/b17-15-,20-19-,48-46+,56-54+. The van der Waals surface area contributed by atoms with Gasteiger partial charge in [0.05, 0.1) is 18.8 Å². The van der Waals surface area contributed by atoms with E-state index in [2.05, 4.69) is 55.6 Å². The van der Waals surface area contributed by atoms with Gasteiger partial charge in [-0.05, 0) is 64.2 Å². The molecule has 0 spiro atoms. The normalized spacial score (nSPS) is 13.1. The molecule has 0 fully saturated rings. The Hall–Kier alpha value is -1.65. The maximum atomic E-state index is 12.4. The van der Waals surface area contributed by atoms with Crippen LogP contribution in [-0.2, 0) is 4.79 Å². The molecule has 0 heterocycles. The molecule has 2 atom stereocenters. The predicted octanol–water partition coefficient (Wildman–Crippen LogP) is 19.4. The molecule has 0 saturated carbocycles. The largest absolute Gasteiger partial charge is 0.394 e. The lowest BCUT2D eigenvalue weighted by Gasteiger charge is -2.19. The Kier molecular flexibility index (Phi) is 55.2. The lowest BCUT2D eigenvalue weighted by molar-refractivity contribution is -0.123. The molecule has 3 N–H and O–H groups in total. The minimum Gasteiger partial charge on any atom is -0.394 e. The van der Waals surface area contributed by atoms with E-state index in [0.29, 0.717) is 6.42 Å². The van der Waals surface area contributed by atoms with E-state index in [4.69, 9.17) is 0 Å². The molecule has 65 heavy (non-hydrogen) atoms. The number of allylic oxidation sites excluding steroid dienone is 7. The van der Waals surface area contributed by atoms with Gasteiger partial charge in [0.15, 0.2) is 0 Å². The molecule has 4 nitrogen and oxygen atoms in total. The van der Waals surface area contributed by atoms with Crippen LogP contribution >= 0.6 is 0 Å². The molecule has 382 valence electrons. The van der Waals surface area contributed by atoms with E-state index >= 15 is 0 Å². The average Bonchev–Trinajstić information content (AvgIpc) is 3.31. The first-order valence-corrected chi connectivity index (χ1v) is 29.4. The third-order valence-corrected chi connectivity index (χ3v) is 13.5. The van der Waals surface area contributed by atoms with E-state index < -0.39 is 12.1 Å². The maximum Gasteiger partial charge on any atom is 0.220 e. The van der Waals surface area contributed by atoms with Gasteiger partial charge in [0.2, 0.25) is 5.91 Å². The van der Waals surface area contributed by atoms with Crippen molar-refractivity contribution in [3.05, 3.63) is 48.6 Å². The van der Waals surface area contributed by atoms with Crippen molar-refractivity contribution in [2.75, 3.05) is 6.61 Å². The van der Waals surface area contributed by atoms with Gasteiger partial charge in [-0.3, -0.25) is 4.79 Å². The van der Waals surface area contributed by atoms with E-state index in [1.54, 1.807) is 6.08 Å². The first-order chi connectivity index (χ1) is 32.2. The number of rotatable bonds is 54. The van der Waals surface area contributed by atoms with Crippen molar-refractivity contribution in [3.8, 4) is 0 Å². The van der Waals surface area contributed by atoms with Gasteiger partial charge in [-0.25, -0.2) is 0 Å². The van der Waals surface area contributed by atoms with Crippen LogP contribution in [0.3, 0.4) is 0 Å². The van der Waals surface area contributed by atoms with Gasteiger partial charge >= 0.3 is 0 Å². The van der Waals surface area contributed by atoms with Gasteiger partial charge in [-0.1, -0.05) is 294 Å². The smallest absolute Gasteiger partial charge is 0.220 e. The molecule has 0 aromatic carbocycles. The fraction of sp³-hybridized carbons (Fsp3) is 0.852. The number of nitrogens with one attached hydrogen (secondary N) is 1. The van der Waals surface area contributed by atoms with Gasteiger partial charge in [-0.15, -0.1) is 0 Å². The van der Waals surface area contributed by atoms with E-state index in [-0.39, 0.29) is 12.5 Å². The molecule has 0 aliphatic rings. The fourth-order valence-electron chi connectivity index (χ4n) is 9.05. The van der Waals surface area contributed by atoms with Crippen LogP contribution in [0.2, 0.25) is 0 Å². The number of hydrogen-bond donors (Lipinski definition) is 3. The Labute approximate surface area is 407 Å². The SMILES string of the molecule is CCCCCCC/C=C\C/C=C\CCCCCCCCCCCCCCCCCCCCCCCCCCCCCCCC(=O)NC(CO)C(O)/C=C/CC/C=C/CCCCCCCC. The summed E-state index contributed by atoms with van der Waals surface area (Å²) < 4.78 is 0. The van der Waals surface area contributed by atoms with Crippen LogP contribution in [0.25, 0.3) is 0 Å². The summed E-state index contributed by atoms with van der Waals surface area (Å²) in [5, 5.41) is 23.0. The Morgan fingerprint density at radius 2 is 0.646 bits per heavy atom. The van der Waals surface area contributed by atoms with Crippen molar-refractivity contribution in [1.82, 2.24) is 5.32 Å². The lowest BCUT2D eigenvalue weighted by Crippen LogP contribution is -2.45. The van der Waals surface area contributed by atoms with E-state index in [0.717, 1.165) is 38.5 Å². The zero-order chi connectivity index (χ0) is 47.0. The van der Waals surface area contributed by atoms with E-state index in [1.807, 2.05) is 6.08 Å². The summed E-state index contributed by atoms with van der Waals surface area (Å²) in [4.78, 5) is 12.4. The number of carbonyl (C=O) groups is 1. The predicted molar refractivity (Wildman–Crippen MR) is 290 cm³/mol. The summed E-state index contributed by atoms with van der Waals surface area (Å²) in [6.07, 6.45) is 78.8. The first kappa shape index (κ1) is 63.4. The molecule has 2 unspecified atom stereocenters. The summed E-state index contributed by atoms with van der Waals surface area (Å²) in [6, 6.07) is -0.636. The summed E-state index contributed by atoms with van der Waals surface area (Å²) in [6.45, 7) is 4.28. The lowest BCUT2D eigenvalue weighted by atomic mass is 10.0. The number of hydrogen-bond acceptors (Lipinski definition) is 3. The maximum absolute atomic E-state index is 12.4. The number of aliphatic hydroxyl groups excluding tert-OH is 2. The average molecular weight is 911 g/mol. The highest BCUT2D eigenvalue weighted by Crippen LogP contribution is 2.17. The first-order valence-electron chi connectivity index (χ1n) is 29.4. The molecule has 0 aromatic rings. The van der Waals surface area contributed by atoms with Gasteiger partial charge in [-0.2, -0.15) is 0 Å². The van der Waals surface area contributed by atoms with E-state index in [9.17, 15) is 15.0 Å². The molecule has 0 radical (unpaired) electrons. The number of carbonyl (C=O) groups excluding carboxylic acids is 1. The molecule has 0 aliphatic heterocycles. The summed E-state index contributed by atoms with van der Waals surface area (Å²) >= 11 is 0. The minimum absolute atomic E-state index is 0.0703. The van der Waals surface area contributed by atoms with Crippen molar-refractivity contribution in [1.29, 1.82) is 0 Å². The van der Waals surface area contributed by atoms with Crippen LogP contribution in [0.5, 0.6) is 0 Å². The van der Waals surface area contributed by atoms with Crippen LogP contribution in [0.15, 0.2) is 48.6 Å². The Morgan fingerprint density at radius 3 is 0.985 bits per heavy atom. The van der Waals surface area contributed by atoms with E-state index in [1.165, 1.54) is 257 Å². The monoisotopic (exact) mass is 910 g/mol. The Morgan fingerprint density at radius 1 is 0.369 bits per heavy atom. The highest BCUT2D eigenvalue weighted by Gasteiger charge is 2.18. The zero-order valence-electron chi connectivity index (χ0n) is 44.0. The molecule has 4 heteroatoms. The highest BCUT2D eigenvalue weighted by atomic mass is 16.3. The summed E-state index contributed by atoms with van der Waals surface area (Å²) in [5.41, 5.74) is 0. The van der Waals surface area contributed by atoms with Crippen LogP contribution < -0.4 is 5.32 Å². The minimum atomic E-state index is -0.859. The number of amides is 1. The Balaban J connectivity index is 3.36. The second-order valence-electron chi connectivity index (χ2n) is 20.1.